The highest BCUT2D eigenvalue weighted by Gasteiger charge is 2.30. The number of fused-ring (bicyclic) bond motifs is 1. The van der Waals surface area contributed by atoms with Gasteiger partial charge in [-0.25, -0.2) is 0 Å². The van der Waals surface area contributed by atoms with E-state index in [0.717, 1.165) is 29.8 Å². The van der Waals surface area contributed by atoms with Crippen molar-refractivity contribution in [3.8, 4) is 0 Å². The van der Waals surface area contributed by atoms with E-state index >= 15 is 0 Å². The zero-order valence-corrected chi connectivity index (χ0v) is 13.1. The molecule has 1 aliphatic heterocycles. The standard InChI is InChI=1S/C16H20N2O3S/c19-12-6-3-4-10(12)9-17-15(20)8-14-16(21)18-11-5-1-2-7-13(11)22-14/h1-2,5,7,10,12,14,19H,3-4,6,8-9H2,(H,17,20)(H,18,21). The predicted octanol–water partition coefficient (Wildman–Crippen LogP) is 1.77. The predicted molar refractivity (Wildman–Crippen MR) is 85.7 cm³/mol. The number of anilines is 1. The number of nitrogens with one attached hydrogen (secondary N) is 2. The van der Waals surface area contributed by atoms with E-state index in [-0.39, 0.29) is 30.3 Å². The number of hydrogen-bond acceptors (Lipinski definition) is 4. The first-order chi connectivity index (χ1) is 10.6. The molecule has 5 nitrogen and oxygen atoms in total. The summed E-state index contributed by atoms with van der Waals surface area (Å²) in [5, 5.41) is 15.0. The third kappa shape index (κ3) is 3.44. The van der Waals surface area contributed by atoms with E-state index in [2.05, 4.69) is 10.6 Å². The van der Waals surface area contributed by atoms with Gasteiger partial charge in [0.25, 0.3) is 0 Å². The molecule has 1 aromatic carbocycles. The second-order valence-electron chi connectivity index (χ2n) is 5.86. The summed E-state index contributed by atoms with van der Waals surface area (Å²) in [6.07, 6.45) is 2.64. The molecule has 3 unspecified atom stereocenters. The second-order valence-corrected chi connectivity index (χ2v) is 7.10. The lowest BCUT2D eigenvalue weighted by molar-refractivity contribution is -0.124. The zero-order chi connectivity index (χ0) is 15.5. The van der Waals surface area contributed by atoms with E-state index in [1.807, 2.05) is 24.3 Å². The lowest BCUT2D eigenvalue weighted by atomic mass is 10.1. The van der Waals surface area contributed by atoms with Crippen LogP contribution in [0.5, 0.6) is 0 Å². The second kappa shape index (κ2) is 6.71. The zero-order valence-electron chi connectivity index (χ0n) is 12.2. The van der Waals surface area contributed by atoms with Crippen molar-refractivity contribution in [3.63, 3.8) is 0 Å². The average Bonchev–Trinajstić information content (AvgIpc) is 2.91. The molecule has 0 radical (unpaired) electrons. The van der Waals surface area contributed by atoms with Crippen LogP contribution in [0.3, 0.4) is 0 Å². The third-order valence-electron chi connectivity index (χ3n) is 4.26. The van der Waals surface area contributed by atoms with Gasteiger partial charge in [-0.1, -0.05) is 18.6 Å². The lowest BCUT2D eigenvalue weighted by Crippen LogP contribution is -2.37. The first-order valence-corrected chi connectivity index (χ1v) is 8.53. The number of thioether (sulfide) groups is 1. The van der Waals surface area contributed by atoms with E-state index in [9.17, 15) is 14.7 Å². The molecule has 2 aliphatic rings. The molecule has 1 saturated carbocycles. The summed E-state index contributed by atoms with van der Waals surface area (Å²) in [4.78, 5) is 25.1. The maximum absolute atomic E-state index is 12.1. The van der Waals surface area contributed by atoms with Crippen LogP contribution in [0.1, 0.15) is 25.7 Å². The topological polar surface area (TPSA) is 78.4 Å². The van der Waals surface area contributed by atoms with Crippen molar-refractivity contribution in [2.75, 3.05) is 11.9 Å². The monoisotopic (exact) mass is 320 g/mol. The highest BCUT2D eigenvalue weighted by atomic mass is 32.2. The SMILES string of the molecule is O=C(CC1Sc2ccccc2NC1=O)NCC1CCCC1O. The van der Waals surface area contributed by atoms with Crippen molar-refractivity contribution in [1.82, 2.24) is 5.32 Å². The molecule has 22 heavy (non-hydrogen) atoms. The molecule has 3 rings (SSSR count). The number of carbonyl (C=O) groups excluding carboxylic acids is 2. The summed E-state index contributed by atoms with van der Waals surface area (Å²) in [5.41, 5.74) is 0.809. The molecule has 1 aromatic rings. The molecule has 118 valence electrons. The van der Waals surface area contributed by atoms with Crippen molar-refractivity contribution in [2.45, 2.75) is 41.9 Å². The minimum atomic E-state index is -0.400. The fourth-order valence-electron chi connectivity index (χ4n) is 2.97. The first kappa shape index (κ1) is 15.4. The fraction of sp³-hybridized carbons (Fsp3) is 0.500. The van der Waals surface area contributed by atoms with Gasteiger partial charge in [-0.15, -0.1) is 11.8 Å². The number of aliphatic hydroxyl groups excluding tert-OH is 1. The van der Waals surface area contributed by atoms with Crippen LogP contribution in [0.25, 0.3) is 0 Å². The van der Waals surface area contributed by atoms with Crippen molar-refractivity contribution < 1.29 is 14.7 Å². The number of hydrogen-bond donors (Lipinski definition) is 3. The molecule has 0 aromatic heterocycles. The van der Waals surface area contributed by atoms with Crippen LogP contribution in [-0.4, -0.2) is 34.8 Å². The lowest BCUT2D eigenvalue weighted by Gasteiger charge is -2.24. The Morgan fingerprint density at radius 2 is 2.18 bits per heavy atom. The Labute approximate surface area is 133 Å². The molecule has 1 fully saturated rings. The highest BCUT2D eigenvalue weighted by Crippen LogP contribution is 2.36. The van der Waals surface area contributed by atoms with Crippen molar-refractivity contribution in [2.24, 2.45) is 5.92 Å². The van der Waals surface area contributed by atoms with Crippen molar-refractivity contribution in [3.05, 3.63) is 24.3 Å². The Morgan fingerprint density at radius 3 is 2.95 bits per heavy atom. The Morgan fingerprint density at radius 1 is 1.36 bits per heavy atom. The van der Waals surface area contributed by atoms with Gasteiger partial charge in [-0.05, 0) is 25.0 Å². The molecule has 0 spiro atoms. The maximum atomic E-state index is 12.1. The molecule has 0 bridgehead atoms. The molecular weight excluding hydrogens is 300 g/mol. The summed E-state index contributed by atoms with van der Waals surface area (Å²) < 4.78 is 0. The van der Waals surface area contributed by atoms with Crippen LogP contribution < -0.4 is 10.6 Å². The highest BCUT2D eigenvalue weighted by molar-refractivity contribution is 8.01. The summed E-state index contributed by atoms with van der Waals surface area (Å²) in [7, 11) is 0. The Kier molecular flexibility index (Phi) is 4.69. The summed E-state index contributed by atoms with van der Waals surface area (Å²) >= 11 is 1.43. The quantitative estimate of drug-likeness (QED) is 0.790. The molecule has 6 heteroatoms. The van der Waals surface area contributed by atoms with E-state index in [1.54, 1.807) is 0 Å². The minimum absolute atomic E-state index is 0.125. The van der Waals surface area contributed by atoms with E-state index < -0.39 is 5.25 Å². The van der Waals surface area contributed by atoms with E-state index in [4.69, 9.17) is 0 Å². The third-order valence-corrected chi connectivity index (χ3v) is 5.53. The first-order valence-electron chi connectivity index (χ1n) is 7.65. The minimum Gasteiger partial charge on any atom is -0.393 e. The van der Waals surface area contributed by atoms with Crippen LogP contribution in [0.4, 0.5) is 5.69 Å². The van der Waals surface area contributed by atoms with Gasteiger partial charge in [-0.3, -0.25) is 9.59 Å². The number of rotatable bonds is 4. The summed E-state index contributed by atoms with van der Waals surface area (Å²) in [6, 6.07) is 7.60. The number of benzene rings is 1. The summed E-state index contributed by atoms with van der Waals surface area (Å²) in [5.74, 6) is -0.108. The van der Waals surface area contributed by atoms with Gasteiger partial charge in [-0.2, -0.15) is 0 Å². The van der Waals surface area contributed by atoms with Crippen LogP contribution in [0, 0.1) is 5.92 Å². The van der Waals surface area contributed by atoms with Gasteiger partial charge in [0.15, 0.2) is 0 Å². The Balaban J connectivity index is 1.52. The number of aliphatic hydroxyl groups is 1. The van der Waals surface area contributed by atoms with Crippen LogP contribution >= 0.6 is 11.8 Å². The molecule has 0 saturated heterocycles. The fourth-order valence-corrected chi connectivity index (χ4v) is 4.08. The molecule has 1 heterocycles. The molecular formula is C16H20N2O3S. The van der Waals surface area contributed by atoms with Gasteiger partial charge in [0.2, 0.25) is 11.8 Å². The number of para-hydroxylation sites is 1. The molecule has 2 amide bonds. The largest absolute Gasteiger partial charge is 0.393 e. The average molecular weight is 320 g/mol. The summed E-state index contributed by atoms with van der Waals surface area (Å²) in [6.45, 7) is 0.496. The normalized spacial score (nSPS) is 27.1. The number of amides is 2. The Bertz CT molecular complexity index is 578. The van der Waals surface area contributed by atoms with Crippen LogP contribution in [0.2, 0.25) is 0 Å². The number of carbonyl (C=O) groups is 2. The van der Waals surface area contributed by atoms with Gasteiger partial charge in [0.1, 0.15) is 0 Å². The van der Waals surface area contributed by atoms with Gasteiger partial charge >= 0.3 is 0 Å². The van der Waals surface area contributed by atoms with Gasteiger partial charge in [0, 0.05) is 23.8 Å². The van der Waals surface area contributed by atoms with E-state index in [0.29, 0.717) is 6.54 Å². The smallest absolute Gasteiger partial charge is 0.238 e. The molecule has 3 N–H and O–H groups in total. The molecule has 1 aliphatic carbocycles. The molecule has 3 atom stereocenters. The van der Waals surface area contributed by atoms with Crippen molar-refractivity contribution in [1.29, 1.82) is 0 Å². The van der Waals surface area contributed by atoms with Crippen LogP contribution in [-0.2, 0) is 9.59 Å². The van der Waals surface area contributed by atoms with E-state index in [1.165, 1.54) is 11.8 Å². The van der Waals surface area contributed by atoms with Gasteiger partial charge in [0.05, 0.1) is 17.0 Å². The van der Waals surface area contributed by atoms with Crippen LogP contribution in [0.15, 0.2) is 29.2 Å². The Hall–Kier alpha value is -1.53. The van der Waals surface area contributed by atoms with Crippen molar-refractivity contribution >= 4 is 29.3 Å². The maximum Gasteiger partial charge on any atom is 0.238 e. The van der Waals surface area contributed by atoms with Gasteiger partial charge < -0.3 is 15.7 Å².